The third kappa shape index (κ3) is 4.82. The summed E-state index contributed by atoms with van der Waals surface area (Å²) in [6.45, 7) is 1.55. The summed E-state index contributed by atoms with van der Waals surface area (Å²) in [5.41, 5.74) is 1.83. The Labute approximate surface area is 145 Å². The van der Waals surface area contributed by atoms with E-state index in [0.717, 1.165) is 38.4 Å². The Bertz CT molecular complexity index is 489. The maximum Gasteiger partial charge on any atom is 0.488 e. The van der Waals surface area contributed by atoms with Crippen LogP contribution in [0.25, 0.3) is 0 Å². The largest absolute Gasteiger partial charge is 0.488 e. The van der Waals surface area contributed by atoms with Crippen molar-refractivity contribution in [2.75, 3.05) is 13.2 Å². The average molecular weight is 332 g/mol. The van der Waals surface area contributed by atoms with Crippen LogP contribution in [-0.2, 0) is 15.9 Å². The van der Waals surface area contributed by atoms with Gasteiger partial charge in [0, 0.05) is 12.8 Å². The Hall–Kier alpha value is -0.875. The van der Waals surface area contributed by atoms with E-state index in [-0.39, 0.29) is 5.79 Å². The van der Waals surface area contributed by atoms with Gasteiger partial charge in [0.15, 0.2) is 5.79 Å². The van der Waals surface area contributed by atoms with Gasteiger partial charge in [0.2, 0.25) is 0 Å². The Morgan fingerprint density at radius 1 is 0.917 bits per heavy atom. The van der Waals surface area contributed by atoms with Gasteiger partial charge in [-0.1, -0.05) is 56.4 Å². The molecule has 2 fully saturated rings. The Morgan fingerprint density at radius 3 is 2.21 bits per heavy atom. The highest BCUT2D eigenvalue weighted by Gasteiger charge is 2.48. The van der Waals surface area contributed by atoms with E-state index in [2.05, 4.69) is 0 Å². The first-order valence-electron chi connectivity index (χ1n) is 9.40. The lowest BCUT2D eigenvalue weighted by molar-refractivity contribution is -0.231. The summed E-state index contributed by atoms with van der Waals surface area (Å²) < 4.78 is 11.4. The molecule has 1 aliphatic heterocycles. The Morgan fingerprint density at radius 2 is 1.54 bits per heavy atom. The third-order valence-electron chi connectivity index (χ3n) is 5.37. The van der Waals surface area contributed by atoms with Crippen molar-refractivity contribution in [1.82, 2.24) is 0 Å². The summed E-state index contributed by atoms with van der Waals surface area (Å²) in [7, 11) is -1.36. The van der Waals surface area contributed by atoms with Crippen LogP contribution in [0.3, 0.4) is 0 Å². The lowest BCUT2D eigenvalue weighted by atomic mass is 9.76. The van der Waals surface area contributed by atoms with Crippen molar-refractivity contribution in [2.45, 2.75) is 63.6 Å². The standard InChI is InChI=1S/C19H29BO4/c21-20(22)18-10-8-16(9-11-18)6-4-2-1-3-5-7-17-14-19(15-17)23-12-13-24-19/h8-11,17,21-22H,1-7,12-15H2. The maximum atomic E-state index is 9.07. The zero-order valence-corrected chi connectivity index (χ0v) is 14.5. The molecule has 0 unspecified atom stereocenters. The van der Waals surface area contributed by atoms with E-state index in [1.165, 1.54) is 44.1 Å². The second-order valence-electron chi connectivity index (χ2n) is 7.30. The van der Waals surface area contributed by atoms with Crippen LogP contribution < -0.4 is 5.46 Å². The summed E-state index contributed by atoms with van der Waals surface area (Å²) in [5.74, 6) is 0.634. The van der Waals surface area contributed by atoms with Crippen LogP contribution in [0, 0.1) is 5.92 Å². The van der Waals surface area contributed by atoms with E-state index in [4.69, 9.17) is 19.5 Å². The van der Waals surface area contributed by atoms with Gasteiger partial charge in [-0.3, -0.25) is 0 Å². The average Bonchev–Trinajstić information content (AvgIpc) is 3.03. The van der Waals surface area contributed by atoms with Crippen molar-refractivity contribution in [3.63, 3.8) is 0 Å². The molecule has 0 bridgehead atoms. The Balaban J connectivity index is 1.18. The second kappa shape index (κ2) is 8.48. The normalized spacial score (nSPS) is 19.6. The van der Waals surface area contributed by atoms with Crippen LogP contribution in [0.2, 0.25) is 0 Å². The molecular weight excluding hydrogens is 303 g/mol. The van der Waals surface area contributed by atoms with Gasteiger partial charge in [0.25, 0.3) is 0 Å². The molecule has 4 nitrogen and oxygen atoms in total. The number of hydrogen-bond acceptors (Lipinski definition) is 4. The predicted octanol–water partition coefficient (Wildman–Crippen LogP) is 2.40. The third-order valence-corrected chi connectivity index (χ3v) is 5.37. The van der Waals surface area contributed by atoms with Crippen LogP contribution in [-0.4, -0.2) is 36.2 Å². The first-order chi connectivity index (χ1) is 11.7. The summed E-state index contributed by atoms with van der Waals surface area (Å²) in [6.07, 6.45) is 11.0. The minimum Gasteiger partial charge on any atom is -0.423 e. The lowest BCUT2D eigenvalue weighted by Crippen LogP contribution is -2.44. The van der Waals surface area contributed by atoms with Gasteiger partial charge in [0.1, 0.15) is 0 Å². The second-order valence-corrected chi connectivity index (χ2v) is 7.30. The molecule has 1 aliphatic carbocycles. The van der Waals surface area contributed by atoms with Gasteiger partial charge in [-0.15, -0.1) is 0 Å². The van der Waals surface area contributed by atoms with Crippen LogP contribution in [0.1, 0.15) is 56.9 Å². The van der Waals surface area contributed by atoms with Crippen molar-refractivity contribution in [3.05, 3.63) is 29.8 Å². The van der Waals surface area contributed by atoms with E-state index in [1.807, 2.05) is 12.1 Å². The smallest absolute Gasteiger partial charge is 0.423 e. The van der Waals surface area contributed by atoms with E-state index in [0.29, 0.717) is 5.46 Å². The quantitative estimate of drug-likeness (QED) is 0.539. The molecule has 1 heterocycles. The number of unbranched alkanes of at least 4 members (excludes halogenated alkanes) is 4. The molecule has 2 aliphatic rings. The van der Waals surface area contributed by atoms with Gasteiger partial charge in [-0.25, -0.2) is 0 Å². The first kappa shape index (κ1) is 17.9. The molecule has 2 N–H and O–H groups in total. The van der Waals surface area contributed by atoms with Crippen LogP contribution in [0.5, 0.6) is 0 Å². The van der Waals surface area contributed by atoms with Crippen LogP contribution in [0.15, 0.2) is 24.3 Å². The fraction of sp³-hybridized carbons (Fsp3) is 0.684. The molecule has 0 radical (unpaired) electrons. The highest BCUT2D eigenvalue weighted by atomic mass is 16.7. The van der Waals surface area contributed by atoms with Crippen molar-refractivity contribution >= 4 is 12.6 Å². The summed E-state index contributed by atoms with van der Waals surface area (Å²) in [6, 6.07) is 7.58. The number of rotatable bonds is 9. The zero-order chi connectivity index (χ0) is 16.8. The van der Waals surface area contributed by atoms with Crippen molar-refractivity contribution in [1.29, 1.82) is 0 Å². The summed E-state index contributed by atoms with van der Waals surface area (Å²) >= 11 is 0. The molecular formula is C19H29BO4. The number of hydrogen-bond donors (Lipinski definition) is 2. The molecule has 1 aromatic rings. The van der Waals surface area contributed by atoms with Crippen molar-refractivity contribution in [3.8, 4) is 0 Å². The fourth-order valence-corrected chi connectivity index (χ4v) is 3.91. The van der Waals surface area contributed by atoms with Gasteiger partial charge >= 0.3 is 7.12 Å². The molecule has 1 saturated heterocycles. The number of ether oxygens (including phenoxy) is 2. The van der Waals surface area contributed by atoms with Gasteiger partial charge < -0.3 is 19.5 Å². The molecule has 5 heteroatoms. The predicted molar refractivity (Wildman–Crippen MR) is 95.0 cm³/mol. The highest BCUT2D eigenvalue weighted by Crippen LogP contribution is 2.46. The summed E-state index contributed by atoms with van der Waals surface area (Å²) in [5, 5.41) is 18.1. The topological polar surface area (TPSA) is 58.9 Å². The molecule has 3 rings (SSSR count). The monoisotopic (exact) mass is 332 g/mol. The first-order valence-corrected chi connectivity index (χ1v) is 9.40. The van der Waals surface area contributed by atoms with Gasteiger partial charge in [0.05, 0.1) is 13.2 Å². The zero-order valence-electron chi connectivity index (χ0n) is 14.5. The van der Waals surface area contributed by atoms with Gasteiger partial charge in [-0.2, -0.15) is 0 Å². The molecule has 0 aromatic heterocycles. The van der Waals surface area contributed by atoms with Crippen LogP contribution in [0.4, 0.5) is 0 Å². The molecule has 1 spiro atoms. The molecule has 132 valence electrons. The van der Waals surface area contributed by atoms with Crippen molar-refractivity contribution < 1.29 is 19.5 Å². The molecule has 0 amide bonds. The summed E-state index contributed by atoms with van der Waals surface area (Å²) in [4.78, 5) is 0. The van der Waals surface area contributed by atoms with E-state index >= 15 is 0 Å². The fourth-order valence-electron chi connectivity index (χ4n) is 3.91. The van der Waals surface area contributed by atoms with E-state index < -0.39 is 7.12 Å². The molecule has 1 saturated carbocycles. The van der Waals surface area contributed by atoms with E-state index in [1.54, 1.807) is 12.1 Å². The maximum absolute atomic E-state index is 9.07. The lowest BCUT2D eigenvalue weighted by Gasteiger charge is -2.43. The highest BCUT2D eigenvalue weighted by molar-refractivity contribution is 6.58. The van der Waals surface area contributed by atoms with E-state index in [9.17, 15) is 0 Å². The SMILES string of the molecule is OB(O)c1ccc(CCCCCCCC2CC3(C2)OCCO3)cc1. The molecule has 0 atom stereocenters. The minimum absolute atomic E-state index is 0.174. The molecule has 1 aromatic carbocycles. The number of aryl methyl sites for hydroxylation is 1. The minimum atomic E-state index is -1.36. The van der Waals surface area contributed by atoms with Gasteiger partial charge in [-0.05, 0) is 29.8 Å². The number of benzene rings is 1. The van der Waals surface area contributed by atoms with Crippen LogP contribution >= 0.6 is 0 Å². The Kier molecular flexibility index (Phi) is 6.34. The molecule has 24 heavy (non-hydrogen) atoms. The van der Waals surface area contributed by atoms with Crippen molar-refractivity contribution in [2.24, 2.45) is 5.92 Å².